The number of rotatable bonds is 1. The molecule has 3 nitrogen and oxygen atoms in total. The Balaban J connectivity index is -0.000000149. The van der Waals surface area contributed by atoms with Crippen LogP contribution in [0.5, 0.6) is 0 Å². The van der Waals surface area contributed by atoms with Gasteiger partial charge in [0.05, 0.1) is 0 Å². The van der Waals surface area contributed by atoms with E-state index in [2.05, 4.69) is 10.6 Å². The Morgan fingerprint density at radius 3 is 1.90 bits per heavy atom. The van der Waals surface area contributed by atoms with E-state index in [1.165, 1.54) is 0 Å². The van der Waals surface area contributed by atoms with E-state index in [-0.39, 0.29) is 38.3 Å². The Bertz CT molecular complexity index is 68.8. The van der Waals surface area contributed by atoms with Crippen LogP contribution in [0.2, 0.25) is 0 Å². The summed E-state index contributed by atoms with van der Waals surface area (Å²) < 4.78 is 0. The minimum atomic E-state index is -0.123. The van der Waals surface area contributed by atoms with Crippen molar-refractivity contribution in [2.75, 3.05) is 13.6 Å². The van der Waals surface area contributed by atoms with Crippen molar-refractivity contribution in [3.8, 4) is 0 Å². The third-order valence-electron chi connectivity index (χ3n) is 0.564. The van der Waals surface area contributed by atoms with Crippen molar-refractivity contribution in [1.82, 2.24) is 10.6 Å². The summed E-state index contributed by atoms with van der Waals surface area (Å²) in [6, 6.07) is -0.123. The number of urea groups is 1. The molecule has 1 radical (unpaired) electrons. The molecule has 0 aromatic rings. The molecule has 2 N–H and O–H groups in total. The fourth-order valence-corrected chi connectivity index (χ4v) is 0.249. The average Bonchev–Trinajstić information content (AvgIpc) is 1.93. The summed E-state index contributed by atoms with van der Waals surface area (Å²) >= 11 is 0. The first-order chi connectivity index (χ1) is 4.31. The van der Waals surface area contributed by atoms with E-state index in [0.29, 0.717) is 6.54 Å². The topological polar surface area (TPSA) is 41.1 Å². The Morgan fingerprint density at radius 1 is 1.40 bits per heavy atom. The summed E-state index contributed by atoms with van der Waals surface area (Å²) in [7, 11) is 1.59. The maximum Gasteiger partial charge on any atom is 0.314 e. The summed E-state index contributed by atoms with van der Waals surface area (Å²) in [4.78, 5) is 10.2. The van der Waals surface area contributed by atoms with Crippen molar-refractivity contribution in [3.63, 3.8) is 0 Å². The normalized spacial score (nSPS) is 6.00. The second-order valence-electron chi connectivity index (χ2n) is 1.11. The molecule has 0 saturated carbocycles. The van der Waals surface area contributed by atoms with Gasteiger partial charge < -0.3 is 10.6 Å². The molecule has 0 aliphatic carbocycles. The number of hydrogen-bond donors (Lipinski definition) is 2. The summed E-state index contributed by atoms with van der Waals surface area (Å²) in [5.74, 6) is 0. The van der Waals surface area contributed by atoms with Gasteiger partial charge >= 0.3 is 6.03 Å². The molecule has 0 unspecified atom stereocenters. The smallest absolute Gasteiger partial charge is 0.314 e. The molecule has 10 heavy (non-hydrogen) atoms. The van der Waals surface area contributed by atoms with Crippen LogP contribution in [0.4, 0.5) is 4.79 Å². The summed E-state index contributed by atoms with van der Waals surface area (Å²) in [6.07, 6.45) is 0. The van der Waals surface area contributed by atoms with Crippen molar-refractivity contribution < 1.29 is 37.1 Å². The molecule has 2 amide bonds. The molecule has 4 heteroatoms. The average molecular weight is 363 g/mol. The van der Waals surface area contributed by atoms with Gasteiger partial charge in [-0.1, -0.05) is 13.8 Å². The molecule has 0 aromatic carbocycles. The molecule has 0 spiro atoms. The molecule has 0 aromatic heterocycles. The third-order valence-corrected chi connectivity index (χ3v) is 0.564. The molecule has 0 bridgehead atoms. The number of carbonyl (C=O) groups excluding carboxylic acids is 1. The monoisotopic (exact) mass is 363 g/mol. The van der Waals surface area contributed by atoms with Gasteiger partial charge in [-0.15, -0.1) is 0 Å². The maximum atomic E-state index is 10.2. The number of amides is 2. The third kappa shape index (κ3) is 15.8. The van der Waals surface area contributed by atoms with Crippen molar-refractivity contribution in [1.29, 1.82) is 0 Å². The predicted molar refractivity (Wildman–Crippen MR) is 39.5 cm³/mol. The van der Waals surface area contributed by atoms with Crippen LogP contribution in [0, 0.1) is 32.3 Å². The van der Waals surface area contributed by atoms with Crippen LogP contribution >= 0.6 is 0 Å². The largest absolute Gasteiger partial charge is 0.341 e. The van der Waals surface area contributed by atoms with E-state index >= 15 is 0 Å². The van der Waals surface area contributed by atoms with Crippen LogP contribution in [0.3, 0.4) is 0 Å². The summed E-state index contributed by atoms with van der Waals surface area (Å²) in [5, 5.41) is 4.96. The molecule has 0 rings (SSSR count). The van der Waals surface area contributed by atoms with Gasteiger partial charge in [0.1, 0.15) is 0 Å². The van der Waals surface area contributed by atoms with Gasteiger partial charge in [-0.25, -0.2) is 4.79 Å². The molecule has 0 heterocycles. The van der Waals surface area contributed by atoms with Crippen LogP contribution in [-0.2, 0) is 0 Å². The predicted octanol–water partition coefficient (Wildman–Crippen LogP) is 0.961. The van der Waals surface area contributed by atoms with Crippen LogP contribution in [0.15, 0.2) is 0 Å². The molecule has 0 saturated heterocycles. The fraction of sp³-hybridized carbons (Fsp3) is 0.833. The van der Waals surface area contributed by atoms with Crippen LogP contribution in [-0.4, -0.2) is 19.6 Å². The molecule has 0 aliphatic rings. The van der Waals surface area contributed by atoms with E-state index in [4.69, 9.17) is 0 Å². The maximum absolute atomic E-state index is 10.2. The van der Waals surface area contributed by atoms with E-state index in [0.717, 1.165) is 0 Å². The zero-order valence-corrected chi connectivity index (χ0v) is 12.0. The molecule has 59 valence electrons. The summed E-state index contributed by atoms with van der Waals surface area (Å²) in [5.41, 5.74) is 0. The SMILES string of the molecule is CC.CCNC(=O)NC.[Pa]. The quantitative estimate of drug-likeness (QED) is 0.716. The van der Waals surface area contributed by atoms with E-state index in [9.17, 15) is 4.79 Å². The van der Waals surface area contributed by atoms with Gasteiger partial charge in [0, 0.05) is 45.9 Å². The van der Waals surface area contributed by atoms with Crippen molar-refractivity contribution in [2.24, 2.45) is 0 Å². The molecule has 0 aliphatic heterocycles. The van der Waals surface area contributed by atoms with Crippen LogP contribution < -0.4 is 10.6 Å². The standard InChI is InChI=1S/C4H10N2O.C2H6.Pa/c1-3-6-4(7)5-2;1-2;/h3H2,1-2H3,(H2,5,6,7);1-2H3;. The first-order valence-electron chi connectivity index (χ1n) is 3.26. The van der Waals surface area contributed by atoms with Gasteiger partial charge in [0.25, 0.3) is 0 Å². The first kappa shape index (κ1) is 16.8. The van der Waals surface area contributed by atoms with E-state index < -0.39 is 0 Å². The first-order valence-corrected chi connectivity index (χ1v) is 3.26. The molecular formula is C6H16N2OPa. The Morgan fingerprint density at radius 2 is 1.80 bits per heavy atom. The second-order valence-corrected chi connectivity index (χ2v) is 1.11. The zero-order chi connectivity index (χ0) is 7.70. The minimum Gasteiger partial charge on any atom is -0.341 e. The molecule has 0 atom stereocenters. The van der Waals surface area contributed by atoms with Gasteiger partial charge in [-0.05, 0) is 6.92 Å². The summed E-state index contributed by atoms with van der Waals surface area (Å²) in [6.45, 7) is 6.55. The van der Waals surface area contributed by atoms with E-state index in [1.807, 2.05) is 20.8 Å². The zero-order valence-electron chi connectivity index (χ0n) is 7.19. The second kappa shape index (κ2) is 16.2. The van der Waals surface area contributed by atoms with Crippen LogP contribution in [0.1, 0.15) is 20.8 Å². The van der Waals surface area contributed by atoms with Gasteiger partial charge in [0.2, 0.25) is 0 Å². The van der Waals surface area contributed by atoms with E-state index in [1.54, 1.807) is 7.05 Å². The number of carbonyl (C=O) groups is 1. The fourth-order valence-electron chi connectivity index (χ4n) is 0.249. The Labute approximate surface area is 87.8 Å². The molecule has 0 fully saturated rings. The van der Waals surface area contributed by atoms with Crippen molar-refractivity contribution in [3.05, 3.63) is 0 Å². The van der Waals surface area contributed by atoms with Crippen molar-refractivity contribution in [2.45, 2.75) is 20.8 Å². The van der Waals surface area contributed by atoms with Gasteiger partial charge in [-0.3, -0.25) is 0 Å². The van der Waals surface area contributed by atoms with Crippen molar-refractivity contribution >= 4 is 6.03 Å². The number of nitrogens with one attached hydrogen (secondary N) is 2. The van der Waals surface area contributed by atoms with Crippen LogP contribution in [0.25, 0.3) is 0 Å². The van der Waals surface area contributed by atoms with Gasteiger partial charge in [-0.2, -0.15) is 0 Å². The minimum absolute atomic E-state index is 0. The Hall–Kier alpha value is 0.361. The Kier molecular flexibility index (Phi) is 27.1. The van der Waals surface area contributed by atoms with Gasteiger partial charge in [0.15, 0.2) is 0 Å². The number of hydrogen-bond acceptors (Lipinski definition) is 1. The molecular weight excluding hydrogens is 347 g/mol.